The first-order valence-electron chi connectivity index (χ1n) is 3.60. The quantitative estimate of drug-likeness (QED) is 0.658. The molecule has 1 aromatic heterocycles. The third kappa shape index (κ3) is 2.25. The molecule has 1 rings (SSSR count). The maximum absolute atomic E-state index is 8.65. The summed E-state index contributed by atoms with van der Waals surface area (Å²) in [6.45, 7) is 0.0911. The van der Waals surface area contributed by atoms with Gasteiger partial charge in [-0.1, -0.05) is 18.3 Å². The van der Waals surface area contributed by atoms with Gasteiger partial charge < -0.3 is 10.8 Å². The lowest BCUT2D eigenvalue weighted by atomic mass is 10.2. The Morgan fingerprint density at radius 1 is 1.58 bits per heavy atom. The summed E-state index contributed by atoms with van der Waals surface area (Å²) >= 11 is 4.76. The molecule has 3 N–H and O–H groups in total. The lowest BCUT2D eigenvalue weighted by Crippen LogP contribution is -2.12. The summed E-state index contributed by atoms with van der Waals surface area (Å²) < 4.78 is 0. The van der Waals surface area contributed by atoms with E-state index in [2.05, 4.69) is 4.98 Å². The van der Waals surface area contributed by atoms with E-state index in [0.717, 1.165) is 5.69 Å². The van der Waals surface area contributed by atoms with Crippen LogP contribution in [0.1, 0.15) is 11.4 Å². The van der Waals surface area contributed by atoms with Crippen molar-refractivity contribution >= 4 is 17.2 Å². The molecule has 4 heteroatoms. The maximum Gasteiger partial charge on any atom is 0.122 e. The average Bonchev–Trinajstić information content (AvgIpc) is 2.05. The van der Waals surface area contributed by atoms with Crippen LogP contribution in [0.2, 0.25) is 0 Å². The molecule has 0 aliphatic rings. The first kappa shape index (κ1) is 9.09. The SMILES string of the molecule is NC(=S)c1cccc(CCO)n1. The maximum atomic E-state index is 8.65. The van der Waals surface area contributed by atoms with Gasteiger partial charge in [-0.15, -0.1) is 0 Å². The third-order valence-corrected chi connectivity index (χ3v) is 1.64. The highest BCUT2D eigenvalue weighted by Crippen LogP contribution is 1.99. The molecule has 0 saturated heterocycles. The van der Waals surface area contributed by atoms with Crippen molar-refractivity contribution in [2.75, 3.05) is 6.61 Å². The van der Waals surface area contributed by atoms with Crippen LogP contribution in [-0.4, -0.2) is 21.7 Å². The third-order valence-electron chi connectivity index (χ3n) is 1.43. The van der Waals surface area contributed by atoms with Gasteiger partial charge in [0, 0.05) is 18.7 Å². The Hall–Kier alpha value is -1.00. The Morgan fingerprint density at radius 3 is 2.92 bits per heavy atom. The zero-order chi connectivity index (χ0) is 8.97. The summed E-state index contributed by atoms with van der Waals surface area (Å²) in [5.41, 5.74) is 6.80. The Kier molecular flexibility index (Phi) is 3.13. The largest absolute Gasteiger partial charge is 0.396 e. The number of aliphatic hydroxyl groups is 1. The highest BCUT2D eigenvalue weighted by molar-refractivity contribution is 7.80. The van der Waals surface area contributed by atoms with Gasteiger partial charge in [-0.2, -0.15) is 0 Å². The number of aliphatic hydroxyl groups excluding tert-OH is 1. The molecule has 0 aliphatic heterocycles. The molecule has 0 amide bonds. The first-order chi connectivity index (χ1) is 5.74. The molecular weight excluding hydrogens is 172 g/mol. The van der Waals surface area contributed by atoms with Crippen LogP contribution < -0.4 is 5.73 Å². The highest BCUT2D eigenvalue weighted by Gasteiger charge is 1.98. The average molecular weight is 182 g/mol. The molecule has 0 saturated carbocycles. The van der Waals surface area contributed by atoms with Crippen LogP contribution in [0.25, 0.3) is 0 Å². The molecule has 3 nitrogen and oxygen atoms in total. The van der Waals surface area contributed by atoms with Crippen LogP contribution in [0.3, 0.4) is 0 Å². The summed E-state index contributed by atoms with van der Waals surface area (Å²) in [6, 6.07) is 5.41. The topological polar surface area (TPSA) is 59.1 Å². The number of nitrogens with zero attached hydrogens (tertiary/aromatic N) is 1. The molecule has 12 heavy (non-hydrogen) atoms. The van der Waals surface area contributed by atoms with Crippen LogP contribution in [0.15, 0.2) is 18.2 Å². The molecule has 1 aromatic rings. The van der Waals surface area contributed by atoms with Crippen LogP contribution in [0.5, 0.6) is 0 Å². The van der Waals surface area contributed by atoms with E-state index < -0.39 is 0 Å². The summed E-state index contributed by atoms with van der Waals surface area (Å²) in [5, 5.41) is 8.65. The van der Waals surface area contributed by atoms with Gasteiger partial charge in [0.05, 0.1) is 5.69 Å². The van der Waals surface area contributed by atoms with E-state index in [1.807, 2.05) is 12.1 Å². The van der Waals surface area contributed by atoms with Gasteiger partial charge in [0.2, 0.25) is 0 Å². The van der Waals surface area contributed by atoms with Gasteiger partial charge in [-0.25, -0.2) is 0 Å². The summed E-state index contributed by atoms with van der Waals surface area (Å²) in [7, 11) is 0. The van der Waals surface area contributed by atoms with Crippen molar-refractivity contribution in [1.29, 1.82) is 0 Å². The number of pyridine rings is 1. The molecule has 0 spiro atoms. The number of hydrogen-bond acceptors (Lipinski definition) is 3. The minimum absolute atomic E-state index is 0.0911. The van der Waals surface area contributed by atoms with E-state index in [4.69, 9.17) is 23.1 Å². The number of thiocarbonyl (C=S) groups is 1. The second-order valence-corrected chi connectivity index (χ2v) is 2.79. The van der Waals surface area contributed by atoms with E-state index >= 15 is 0 Å². The number of aromatic nitrogens is 1. The molecule has 0 unspecified atom stereocenters. The predicted molar refractivity (Wildman–Crippen MR) is 50.9 cm³/mol. The van der Waals surface area contributed by atoms with Crippen molar-refractivity contribution in [3.05, 3.63) is 29.6 Å². The highest BCUT2D eigenvalue weighted by atomic mass is 32.1. The Bertz CT molecular complexity index is 288. The molecule has 0 radical (unpaired) electrons. The molecular formula is C8H10N2OS. The van der Waals surface area contributed by atoms with Gasteiger partial charge in [-0.05, 0) is 12.1 Å². The van der Waals surface area contributed by atoms with Gasteiger partial charge in [0.1, 0.15) is 4.99 Å². The van der Waals surface area contributed by atoms with Gasteiger partial charge in [0.15, 0.2) is 0 Å². The van der Waals surface area contributed by atoms with Crippen molar-refractivity contribution in [2.24, 2.45) is 5.73 Å². The molecule has 64 valence electrons. The second-order valence-electron chi connectivity index (χ2n) is 2.35. The van der Waals surface area contributed by atoms with Crippen molar-refractivity contribution in [3.8, 4) is 0 Å². The molecule has 1 heterocycles. The van der Waals surface area contributed by atoms with Crippen molar-refractivity contribution in [1.82, 2.24) is 4.98 Å². The van der Waals surface area contributed by atoms with E-state index in [0.29, 0.717) is 12.1 Å². The monoisotopic (exact) mass is 182 g/mol. The zero-order valence-electron chi connectivity index (χ0n) is 6.53. The lowest BCUT2D eigenvalue weighted by Gasteiger charge is -2.00. The Labute approximate surface area is 76.2 Å². The van der Waals surface area contributed by atoms with Crippen molar-refractivity contribution in [3.63, 3.8) is 0 Å². The summed E-state index contributed by atoms with van der Waals surface area (Å²) in [5.74, 6) is 0. The molecule has 0 bridgehead atoms. The lowest BCUT2D eigenvalue weighted by molar-refractivity contribution is 0.298. The smallest absolute Gasteiger partial charge is 0.122 e. The van der Waals surface area contributed by atoms with Gasteiger partial charge in [-0.3, -0.25) is 4.98 Å². The van der Waals surface area contributed by atoms with E-state index in [1.165, 1.54) is 0 Å². The zero-order valence-corrected chi connectivity index (χ0v) is 7.34. The molecule has 0 fully saturated rings. The fourth-order valence-corrected chi connectivity index (χ4v) is 0.984. The van der Waals surface area contributed by atoms with Crippen molar-refractivity contribution in [2.45, 2.75) is 6.42 Å². The molecule has 0 atom stereocenters. The van der Waals surface area contributed by atoms with Crippen LogP contribution in [-0.2, 0) is 6.42 Å². The fourth-order valence-electron chi connectivity index (χ4n) is 0.871. The first-order valence-corrected chi connectivity index (χ1v) is 4.01. The standard InChI is InChI=1S/C8H10N2OS/c9-8(12)7-3-1-2-6(10-7)4-5-11/h1-3,11H,4-5H2,(H2,9,12). The molecule has 0 aliphatic carbocycles. The number of rotatable bonds is 3. The van der Waals surface area contributed by atoms with Gasteiger partial charge >= 0.3 is 0 Å². The summed E-state index contributed by atoms with van der Waals surface area (Å²) in [4.78, 5) is 4.42. The van der Waals surface area contributed by atoms with Crippen LogP contribution in [0.4, 0.5) is 0 Å². The summed E-state index contributed by atoms with van der Waals surface area (Å²) in [6.07, 6.45) is 0.538. The number of hydrogen-bond donors (Lipinski definition) is 2. The molecule has 0 aromatic carbocycles. The van der Waals surface area contributed by atoms with Gasteiger partial charge in [0.25, 0.3) is 0 Å². The predicted octanol–water partition coefficient (Wildman–Crippen LogP) is 0.251. The minimum Gasteiger partial charge on any atom is -0.396 e. The van der Waals surface area contributed by atoms with E-state index in [-0.39, 0.29) is 11.6 Å². The second kappa shape index (κ2) is 4.13. The Balaban J connectivity index is 2.88. The van der Waals surface area contributed by atoms with Crippen LogP contribution >= 0.6 is 12.2 Å². The minimum atomic E-state index is 0.0911. The fraction of sp³-hybridized carbons (Fsp3) is 0.250. The van der Waals surface area contributed by atoms with Crippen LogP contribution in [0, 0.1) is 0 Å². The van der Waals surface area contributed by atoms with Crippen molar-refractivity contribution < 1.29 is 5.11 Å². The number of nitrogens with two attached hydrogens (primary N) is 1. The normalized spacial score (nSPS) is 9.75. The van der Waals surface area contributed by atoms with E-state index in [9.17, 15) is 0 Å². The Morgan fingerprint density at radius 2 is 2.33 bits per heavy atom. The van der Waals surface area contributed by atoms with E-state index in [1.54, 1.807) is 6.07 Å².